The van der Waals surface area contributed by atoms with E-state index in [0.717, 1.165) is 16.4 Å². The van der Waals surface area contributed by atoms with E-state index in [0.29, 0.717) is 17.7 Å². The van der Waals surface area contributed by atoms with E-state index >= 15 is 0 Å². The first-order chi connectivity index (χ1) is 18.2. The number of anilines is 1. The molecule has 2 aliphatic heterocycles. The Balaban J connectivity index is 1.47. The van der Waals surface area contributed by atoms with Gasteiger partial charge in [0.2, 0.25) is 17.4 Å². The molecule has 14 nitrogen and oxygen atoms in total. The molecule has 2 atom stereocenters. The average Bonchev–Trinajstić information content (AvgIpc) is 3.32. The van der Waals surface area contributed by atoms with Gasteiger partial charge in [0, 0.05) is 29.4 Å². The number of nitrogens with one attached hydrogen (secondary N) is 1. The first-order valence-corrected chi connectivity index (χ1v) is 12.5. The predicted molar refractivity (Wildman–Crippen MR) is 129 cm³/mol. The number of carboxylic acids is 1. The number of nitrogen functional groups attached to an aromatic ring is 1. The number of primary amides is 1. The zero-order valence-corrected chi connectivity index (χ0v) is 20.9. The molecule has 198 valence electrons. The molecule has 0 spiro atoms. The number of carboxylic acid groups (broad SMARTS) is 1. The van der Waals surface area contributed by atoms with E-state index in [4.69, 9.17) is 11.5 Å². The number of nitrogens with two attached hydrogens (primary N) is 2. The van der Waals surface area contributed by atoms with Crippen LogP contribution in [-0.2, 0) is 25.8 Å². The average molecular weight is 563 g/mol. The molecule has 5 N–H and O–H groups in total. The molecule has 17 heteroatoms. The summed E-state index contributed by atoms with van der Waals surface area (Å²) >= 11 is 2.00. The minimum Gasteiger partial charge on any atom is -0.543 e. The first kappa shape index (κ1) is 26.7. The number of amides is 3. The maximum absolute atomic E-state index is 12.9. The van der Waals surface area contributed by atoms with Gasteiger partial charge in [-0.2, -0.15) is 9.36 Å². The van der Waals surface area contributed by atoms with Crippen LogP contribution in [0, 0.1) is 0 Å². The summed E-state index contributed by atoms with van der Waals surface area (Å²) in [6.07, 6.45) is 6.54. The maximum atomic E-state index is 12.9. The third-order valence-electron chi connectivity index (χ3n) is 5.36. The second kappa shape index (κ2) is 11.3. The van der Waals surface area contributed by atoms with Crippen molar-refractivity contribution in [3.63, 3.8) is 0 Å². The summed E-state index contributed by atoms with van der Waals surface area (Å²) in [5, 5.41) is 17.0. The molecular weight excluding hydrogens is 543 g/mol. The van der Waals surface area contributed by atoms with Crippen LogP contribution in [0.1, 0.15) is 16.2 Å². The number of aromatic nitrogens is 3. The van der Waals surface area contributed by atoms with Crippen LogP contribution in [0.25, 0.3) is 0 Å². The molecule has 0 aliphatic carbocycles. The Morgan fingerprint density at radius 3 is 2.71 bits per heavy atom. The van der Waals surface area contributed by atoms with E-state index in [1.807, 2.05) is 0 Å². The first-order valence-electron chi connectivity index (χ1n) is 10.7. The van der Waals surface area contributed by atoms with E-state index < -0.39 is 47.7 Å². The van der Waals surface area contributed by atoms with Crippen LogP contribution < -0.4 is 26.5 Å². The number of fused-ring (bicyclic) bond motifs is 1. The summed E-state index contributed by atoms with van der Waals surface area (Å²) < 4.78 is 18.0. The quantitative estimate of drug-likeness (QED) is 0.123. The highest BCUT2D eigenvalue weighted by molar-refractivity contribution is 8.00. The maximum Gasteiger partial charge on any atom is 0.278 e. The van der Waals surface area contributed by atoms with Crippen LogP contribution >= 0.6 is 23.3 Å². The fourth-order valence-electron chi connectivity index (χ4n) is 3.63. The molecule has 2 aromatic heterocycles. The summed E-state index contributed by atoms with van der Waals surface area (Å²) in [6.45, 7) is -0.972. The lowest BCUT2D eigenvalue weighted by Crippen LogP contribution is -2.71. The monoisotopic (exact) mass is 562 g/mol. The van der Waals surface area contributed by atoms with Gasteiger partial charge in [-0.3, -0.25) is 19.3 Å². The number of halogens is 1. The van der Waals surface area contributed by atoms with Gasteiger partial charge in [0.15, 0.2) is 24.1 Å². The summed E-state index contributed by atoms with van der Waals surface area (Å²) in [5.41, 5.74) is 10.6. The Kier molecular flexibility index (Phi) is 7.96. The zero-order valence-electron chi connectivity index (χ0n) is 19.3. The molecule has 4 rings (SSSR count). The van der Waals surface area contributed by atoms with Crippen molar-refractivity contribution in [3.8, 4) is 0 Å². The fourth-order valence-corrected chi connectivity index (χ4v) is 5.39. The number of pyridine rings is 1. The number of alkyl halides is 1. The molecule has 4 heterocycles. The Bertz CT molecular complexity index is 1380. The van der Waals surface area contributed by atoms with Gasteiger partial charge in [-0.25, -0.2) is 8.96 Å². The number of aliphatic carboxylic acids is 1. The molecule has 0 bridgehead atoms. The van der Waals surface area contributed by atoms with Crippen molar-refractivity contribution in [1.29, 1.82) is 0 Å². The smallest absolute Gasteiger partial charge is 0.278 e. The topological polar surface area (TPSA) is 210 Å². The summed E-state index contributed by atoms with van der Waals surface area (Å²) in [7, 11) is 0. The molecule has 2 aromatic rings. The molecule has 0 unspecified atom stereocenters. The number of allylic oxidation sites excluding steroid dienone is 2. The van der Waals surface area contributed by atoms with Crippen LogP contribution in [0.3, 0.4) is 0 Å². The zero-order chi connectivity index (χ0) is 27.4. The highest BCUT2D eigenvalue weighted by Gasteiger charge is 2.53. The van der Waals surface area contributed by atoms with Gasteiger partial charge in [0.25, 0.3) is 18.7 Å². The number of carbonyl (C=O) groups is 4. The molecule has 3 amide bonds. The Morgan fingerprint density at radius 1 is 1.37 bits per heavy atom. The Morgan fingerprint density at radius 2 is 2.11 bits per heavy atom. The molecule has 1 saturated heterocycles. The molecule has 0 saturated carbocycles. The van der Waals surface area contributed by atoms with Gasteiger partial charge in [-0.1, -0.05) is 11.2 Å². The summed E-state index contributed by atoms with van der Waals surface area (Å²) in [6, 6.07) is 2.00. The molecular formula is C21H19FN8O6S2. The molecule has 1 fully saturated rings. The van der Waals surface area contributed by atoms with Gasteiger partial charge in [0.05, 0.1) is 17.2 Å². The van der Waals surface area contributed by atoms with Gasteiger partial charge in [-0.05, 0) is 11.6 Å². The summed E-state index contributed by atoms with van der Waals surface area (Å²) in [4.78, 5) is 57.9. The standard InChI is InChI=1S/C21H19FN8O6S2/c22-9-36-27-12(16-26-21(24)38-28-16)17(32)25-13-18(33)30-14(20(34)35)11(8-37-19(13)30)2-1-5-29-6-3-10(4-7-29)15(23)31/h1-4,6-7,13,19H,5,8-9H2,(H5-,23,24,25,26,28,31,32,34,35)/b2-1+,27-12-/t13-,19-/m1/s1. The van der Waals surface area contributed by atoms with Crippen LogP contribution in [0.4, 0.5) is 9.52 Å². The minimum atomic E-state index is -1.55. The van der Waals surface area contributed by atoms with E-state index in [1.54, 1.807) is 41.2 Å². The fraction of sp³-hybridized carbons (Fsp3) is 0.238. The van der Waals surface area contributed by atoms with Crippen LogP contribution in [-0.4, -0.2) is 67.7 Å². The van der Waals surface area contributed by atoms with Crippen molar-refractivity contribution in [1.82, 2.24) is 19.6 Å². The van der Waals surface area contributed by atoms with Crippen molar-refractivity contribution < 1.29 is 38.1 Å². The lowest BCUT2D eigenvalue weighted by atomic mass is 10.0. The minimum absolute atomic E-state index is 0.0277. The third-order valence-corrected chi connectivity index (χ3v) is 7.21. The Hall–Kier alpha value is -4.38. The van der Waals surface area contributed by atoms with E-state index in [-0.39, 0.29) is 22.4 Å². The van der Waals surface area contributed by atoms with Gasteiger partial charge in [0.1, 0.15) is 11.4 Å². The summed E-state index contributed by atoms with van der Waals surface area (Å²) in [5.74, 6) is -3.73. The molecule has 0 radical (unpaired) electrons. The van der Waals surface area contributed by atoms with Crippen molar-refractivity contribution in [3.05, 3.63) is 59.3 Å². The third kappa shape index (κ3) is 5.47. The van der Waals surface area contributed by atoms with Gasteiger partial charge in [-0.15, -0.1) is 11.8 Å². The SMILES string of the molecule is NC(=O)c1cc[n+](C/C=C/C2=C(C(=O)[O-])N3C(=O)[C@@H](NC(=O)/C(=N\OCF)c4nsc(N)n4)[C@H]3SC2)cc1. The number of carbonyl (C=O) groups excluding carboxylic acids is 4. The second-order valence-corrected chi connectivity index (χ2v) is 9.60. The highest BCUT2D eigenvalue weighted by Crippen LogP contribution is 2.40. The van der Waals surface area contributed by atoms with Gasteiger partial charge >= 0.3 is 0 Å². The number of oxime groups is 1. The number of nitrogens with zero attached hydrogens (tertiary/aromatic N) is 5. The molecule has 2 aliphatic rings. The van der Waals surface area contributed by atoms with E-state index in [1.165, 1.54) is 11.8 Å². The number of hydrogen-bond acceptors (Lipinski definition) is 12. The number of thioether (sulfide) groups is 1. The highest BCUT2D eigenvalue weighted by atomic mass is 32.2. The number of β-lactam (4-membered cyclic amide) rings is 1. The Labute approximate surface area is 222 Å². The second-order valence-electron chi connectivity index (χ2n) is 7.71. The normalized spacial score (nSPS) is 19.2. The van der Waals surface area contributed by atoms with Gasteiger partial charge < -0.3 is 31.5 Å². The van der Waals surface area contributed by atoms with E-state index in [2.05, 4.69) is 24.7 Å². The van der Waals surface area contributed by atoms with Crippen LogP contribution in [0.5, 0.6) is 0 Å². The van der Waals surface area contributed by atoms with Crippen LogP contribution in [0.2, 0.25) is 0 Å². The largest absolute Gasteiger partial charge is 0.543 e. The van der Waals surface area contributed by atoms with Crippen molar-refractivity contribution >= 4 is 57.8 Å². The van der Waals surface area contributed by atoms with Crippen molar-refractivity contribution in [2.45, 2.75) is 18.0 Å². The number of rotatable bonds is 10. The lowest BCUT2D eigenvalue weighted by molar-refractivity contribution is -0.687. The predicted octanol–water partition coefficient (Wildman–Crippen LogP) is -2.19. The van der Waals surface area contributed by atoms with Crippen LogP contribution in [0.15, 0.2) is 53.1 Å². The van der Waals surface area contributed by atoms with E-state index in [9.17, 15) is 28.7 Å². The molecule has 38 heavy (non-hydrogen) atoms. The lowest BCUT2D eigenvalue weighted by Gasteiger charge is -2.50. The van der Waals surface area contributed by atoms with Crippen molar-refractivity contribution in [2.75, 3.05) is 18.3 Å². The number of hydrogen-bond donors (Lipinski definition) is 3. The van der Waals surface area contributed by atoms with Crippen molar-refractivity contribution in [2.24, 2.45) is 10.9 Å². The molecule has 0 aromatic carbocycles.